The monoisotopic (exact) mass is 584 g/mol. The number of aliphatic hydroxyl groups is 3. The van der Waals surface area contributed by atoms with E-state index in [1.807, 2.05) is 0 Å². The molecule has 0 spiro atoms. The Morgan fingerprint density at radius 2 is 1.52 bits per heavy atom. The smallest absolute Gasteiger partial charge is 0.331 e. The van der Waals surface area contributed by atoms with Crippen molar-refractivity contribution in [1.82, 2.24) is 0 Å². The van der Waals surface area contributed by atoms with Gasteiger partial charge in [-0.1, -0.05) is 6.07 Å². The van der Waals surface area contributed by atoms with E-state index in [-0.39, 0.29) is 27.9 Å². The molecule has 0 amide bonds. The fraction of sp³-hybridized carbons (Fsp3) is 0.214. The Kier molecular flexibility index (Phi) is 7.30. The molecule has 220 valence electrons. The number of carbonyl (C=O) groups is 1. The Labute approximate surface area is 234 Å². The van der Waals surface area contributed by atoms with Crippen LogP contribution in [0.2, 0.25) is 0 Å². The number of aromatic hydroxyl groups is 6. The SMILES string of the molecule is O=C(C=Cc1ccc(O)c(O)c1)O[C@H]1[C@@H](O)[C@H](O)[C@@H](CO)O[C@H]1c1c(O)cc2oc3cc(O)c(O)cc3c(=O)c2c1O. The van der Waals surface area contributed by atoms with Crippen molar-refractivity contribution >= 4 is 34.0 Å². The van der Waals surface area contributed by atoms with Gasteiger partial charge in [0.05, 0.1) is 17.6 Å². The summed E-state index contributed by atoms with van der Waals surface area (Å²) in [5.74, 6) is -4.83. The number of carbonyl (C=O) groups excluding carboxylic acids is 1. The maximum atomic E-state index is 13.3. The number of hydrogen-bond donors (Lipinski definition) is 9. The highest BCUT2D eigenvalue weighted by atomic mass is 16.6. The van der Waals surface area contributed by atoms with Crippen LogP contribution in [-0.2, 0) is 14.3 Å². The first-order valence-electron chi connectivity index (χ1n) is 12.3. The number of fused-ring (bicyclic) bond motifs is 2. The van der Waals surface area contributed by atoms with Crippen molar-refractivity contribution in [2.45, 2.75) is 30.5 Å². The van der Waals surface area contributed by atoms with Crippen molar-refractivity contribution in [2.75, 3.05) is 6.61 Å². The molecule has 14 nitrogen and oxygen atoms in total. The van der Waals surface area contributed by atoms with Crippen LogP contribution in [0.3, 0.4) is 0 Å². The zero-order chi connectivity index (χ0) is 30.5. The first-order chi connectivity index (χ1) is 19.9. The highest BCUT2D eigenvalue weighted by molar-refractivity contribution is 5.96. The number of esters is 1. The fourth-order valence-electron chi connectivity index (χ4n) is 4.74. The fourth-order valence-corrected chi connectivity index (χ4v) is 4.74. The van der Waals surface area contributed by atoms with E-state index < -0.39 is 88.2 Å². The number of hydrogen-bond acceptors (Lipinski definition) is 14. The minimum absolute atomic E-state index is 0.178. The highest BCUT2D eigenvalue weighted by Crippen LogP contribution is 2.46. The van der Waals surface area contributed by atoms with Crippen LogP contribution in [0.1, 0.15) is 17.2 Å². The zero-order valence-corrected chi connectivity index (χ0v) is 21.3. The van der Waals surface area contributed by atoms with Gasteiger partial charge in [0.25, 0.3) is 0 Å². The molecule has 0 radical (unpaired) electrons. The molecule has 42 heavy (non-hydrogen) atoms. The number of phenolic OH excluding ortho intramolecular Hbond substituents is 6. The van der Waals surface area contributed by atoms with E-state index >= 15 is 0 Å². The van der Waals surface area contributed by atoms with Crippen molar-refractivity contribution in [3.05, 3.63) is 63.8 Å². The van der Waals surface area contributed by atoms with Gasteiger partial charge in [-0.05, 0) is 29.8 Å². The van der Waals surface area contributed by atoms with Crippen LogP contribution in [0.4, 0.5) is 0 Å². The molecule has 14 heteroatoms. The minimum Gasteiger partial charge on any atom is -0.507 e. The quantitative estimate of drug-likeness (QED) is 0.0686. The predicted molar refractivity (Wildman–Crippen MR) is 142 cm³/mol. The number of rotatable bonds is 5. The van der Waals surface area contributed by atoms with E-state index in [1.54, 1.807) is 0 Å². The number of phenols is 6. The van der Waals surface area contributed by atoms with Crippen LogP contribution >= 0.6 is 0 Å². The third-order valence-electron chi connectivity index (χ3n) is 6.87. The molecular formula is C28H24O14. The molecule has 0 unspecified atom stereocenters. The Morgan fingerprint density at radius 3 is 2.21 bits per heavy atom. The molecule has 5 atom stereocenters. The molecule has 0 saturated carbocycles. The second-order valence-corrected chi connectivity index (χ2v) is 9.54. The third kappa shape index (κ3) is 4.88. The van der Waals surface area contributed by atoms with Gasteiger partial charge < -0.3 is 59.8 Å². The molecule has 5 rings (SSSR count). The van der Waals surface area contributed by atoms with Crippen LogP contribution in [0.25, 0.3) is 28.0 Å². The Hall–Kier alpha value is -5.02. The molecule has 1 saturated heterocycles. The number of ether oxygens (including phenoxy) is 2. The molecule has 0 aliphatic carbocycles. The van der Waals surface area contributed by atoms with Gasteiger partial charge >= 0.3 is 5.97 Å². The second-order valence-electron chi connectivity index (χ2n) is 9.54. The summed E-state index contributed by atoms with van der Waals surface area (Å²) in [7, 11) is 0. The molecule has 4 aromatic rings. The predicted octanol–water partition coefficient (Wildman–Crippen LogP) is 0.959. The lowest BCUT2D eigenvalue weighted by Gasteiger charge is -2.42. The van der Waals surface area contributed by atoms with Crippen LogP contribution in [-0.4, -0.2) is 83.0 Å². The summed E-state index contributed by atoms with van der Waals surface area (Å²) in [6.45, 7) is -0.829. The molecule has 1 aromatic heterocycles. The van der Waals surface area contributed by atoms with Crippen LogP contribution in [0.15, 0.2) is 51.7 Å². The summed E-state index contributed by atoms with van der Waals surface area (Å²) in [5.41, 5.74) is -1.67. The molecule has 1 aliphatic rings. The first-order valence-corrected chi connectivity index (χ1v) is 12.3. The van der Waals surface area contributed by atoms with E-state index in [0.717, 1.165) is 30.3 Å². The maximum absolute atomic E-state index is 13.3. The standard InChI is InChI=1S/C28H24O14/c29-9-19-24(37)26(39)28(42-20(35)4-2-10-1-3-12(30)13(31)5-10)27(41-19)21-16(34)8-18-22(25(21)38)23(36)11-6-14(32)15(33)7-17(11)40-18/h1-8,19,24,26-34,37-39H,9H2/t19-,24-,26+,27+,28+/m1/s1. The summed E-state index contributed by atoms with van der Waals surface area (Å²) >= 11 is 0. The molecular weight excluding hydrogens is 560 g/mol. The molecule has 1 fully saturated rings. The van der Waals surface area contributed by atoms with E-state index in [1.165, 1.54) is 18.2 Å². The summed E-state index contributed by atoms with van der Waals surface area (Å²) < 4.78 is 16.5. The topological polar surface area (TPSA) is 248 Å². The van der Waals surface area contributed by atoms with Crippen LogP contribution in [0, 0.1) is 0 Å². The largest absolute Gasteiger partial charge is 0.507 e. The Bertz CT molecular complexity index is 1790. The van der Waals surface area contributed by atoms with Gasteiger partial charge in [-0.2, -0.15) is 0 Å². The van der Waals surface area contributed by atoms with Crippen molar-refractivity contribution in [1.29, 1.82) is 0 Å². The maximum Gasteiger partial charge on any atom is 0.331 e. The second kappa shape index (κ2) is 10.8. The number of benzene rings is 3. The summed E-state index contributed by atoms with van der Waals surface area (Å²) in [6.07, 6.45) is -6.64. The van der Waals surface area contributed by atoms with E-state index in [9.17, 15) is 55.5 Å². The average molecular weight is 584 g/mol. The lowest BCUT2D eigenvalue weighted by molar-refractivity contribution is -0.240. The summed E-state index contributed by atoms with van der Waals surface area (Å²) in [6, 6.07) is 6.50. The van der Waals surface area contributed by atoms with Crippen molar-refractivity contribution in [3.63, 3.8) is 0 Å². The van der Waals surface area contributed by atoms with Crippen molar-refractivity contribution in [3.8, 4) is 34.5 Å². The van der Waals surface area contributed by atoms with Gasteiger partial charge in [-0.15, -0.1) is 0 Å². The summed E-state index contributed by atoms with van der Waals surface area (Å²) in [4.78, 5) is 26.0. The van der Waals surface area contributed by atoms with Gasteiger partial charge in [0.1, 0.15) is 52.5 Å². The molecule has 2 heterocycles. The summed E-state index contributed by atoms with van der Waals surface area (Å²) in [5, 5.41) is 91.0. The van der Waals surface area contributed by atoms with E-state index in [2.05, 4.69) is 0 Å². The van der Waals surface area contributed by atoms with Gasteiger partial charge in [0.15, 0.2) is 29.1 Å². The van der Waals surface area contributed by atoms with Gasteiger partial charge in [-0.25, -0.2) is 4.79 Å². The molecule has 3 aromatic carbocycles. The number of aliphatic hydroxyl groups excluding tert-OH is 3. The minimum atomic E-state index is -1.92. The van der Waals surface area contributed by atoms with Gasteiger partial charge in [0, 0.05) is 18.2 Å². The lowest BCUT2D eigenvalue weighted by Crippen LogP contribution is -2.56. The normalized spacial score (nSPS) is 22.6. The van der Waals surface area contributed by atoms with Crippen LogP contribution < -0.4 is 5.43 Å². The zero-order valence-electron chi connectivity index (χ0n) is 21.3. The van der Waals surface area contributed by atoms with Crippen molar-refractivity contribution < 1.29 is 64.6 Å². The van der Waals surface area contributed by atoms with Crippen LogP contribution in [0.5, 0.6) is 34.5 Å². The van der Waals surface area contributed by atoms with E-state index in [4.69, 9.17) is 13.9 Å². The molecule has 1 aliphatic heterocycles. The first kappa shape index (κ1) is 28.5. The Morgan fingerprint density at radius 1 is 0.857 bits per heavy atom. The molecule has 9 N–H and O–H groups in total. The molecule has 0 bridgehead atoms. The lowest BCUT2D eigenvalue weighted by atomic mass is 9.89. The average Bonchev–Trinajstić information content (AvgIpc) is 2.94. The Balaban J connectivity index is 1.59. The van der Waals surface area contributed by atoms with E-state index in [0.29, 0.717) is 0 Å². The van der Waals surface area contributed by atoms with Gasteiger partial charge in [0.2, 0.25) is 5.43 Å². The van der Waals surface area contributed by atoms with Gasteiger partial charge in [-0.3, -0.25) is 4.79 Å². The highest BCUT2D eigenvalue weighted by Gasteiger charge is 2.49. The third-order valence-corrected chi connectivity index (χ3v) is 6.87. The van der Waals surface area contributed by atoms with Crippen molar-refractivity contribution in [2.24, 2.45) is 0 Å².